The highest BCUT2D eigenvalue weighted by Gasteiger charge is 2.30. The summed E-state index contributed by atoms with van der Waals surface area (Å²) in [5.74, 6) is 1.99. The monoisotopic (exact) mass is 396 g/mol. The van der Waals surface area contributed by atoms with Crippen LogP contribution in [0.5, 0.6) is 0 Å². The molecule has 2 atom stereocenters. The molecule has 156 valence electrons. The van der Waals surface area contributed by atoms with Crippen molar-refractivity contribution in [1.82, 2.24) is 15.1 Å². The molecule has 0 radical (unpaired) electrons. The highest BCUT2D eigenvalue weighted by molar-refractivity contribution is 5.80. The van der Waals surface area contributed by atoms with Crippen molar-refractivity contribution in [3.63, 3.8) is 0 Å². The second kappa shape index (κ2) is 9.94. The van der Waals surface area contributed by atoms with Crippen molar-refractivity contribution < 1.29 is 9.15 Å². The molecular weight excluding hydrogens is 364 g/mol. The third kappa shape index (κ3) is 5.40. The number of rotatable bonds is 6. The van der Waals surface area contributed by atoms with Gasteiger partial charge in [0.05, 0.1) is 25.5 Å². The maximum atomic E-state index is 5.52. The van der Waals surface area contributed by atoms with Crippen molar-refractivity contribution in [2.45, 2.75) is 31.8 Å². The lowest BCUT2D eigenvalue weighted by molar-refractivity contribution is 0.0194. The van der Waals surface area contributed by atoms with Crippen molar-refractivity contribution in [1.29, 1.82) is 0 Å². The summed E-state index contributed by atoms with van der Waals surface area (Å²) in [6, 6.07) is 15.3. The van der Waals surface area contributed by atoms with E-state index in [0.717, 1.165) is 64.1 Å². The third-order valence-corrected chi connectivity index (χ3v) is 5.87. The Morgan fingerprint density at radius 3 is 2.72 bits per heavy atom. The highest BCUT2D eigenvalue weighted by Crippen LogP contribution is 2.19. The fraction of sp³-hybridized carbons (Fsp3) is 0.522. The molecule has 29 heavy (non-hydrogen) atoms. The molecule has 2 aliphatic rings. The Morgan fingerprint density at radius 1 is 1.14 bits per heavy atom. The highest BCUT2D eigenvalue weighted by atomic mass is 16.5. The number of hydrogen-bond acceptors (Lipinski definition) is 4. The minimum Gasteiger partial charge on any atom is -0.469 e. The van der Waals surface area contributed by atoms with Crippen LogP contribution in [0.25, 0.3) is 0 Å². The molecule has 2 saturated heterocycles. The first kappa shape index (κ1) is 20.0. The van der Waals surface area contributed by atoms with Crippen LogP contribution in [0.15, 0.2) is 58.1 Å². The summed E-state index contributed by atoms with van der Waals surface area (Å²) in [5, 5.41) is 3.68. The molecule has 0 amide bonds. The zero-order valence-corrected chi connectivity index (χ0v) is 17.3. The number of hydrogen-bond donors (Lipinski definition) is 1. The van der Waals surface area contributed by atoms with Gasteiger partial charge in [0.2, 0.25) is 0 Å². The molecule has 1 N–H and O–H groups in total. The second-order valence-corrected chi connectivity index (χ2v) is 7.85. The van der Waals surface area contributed by atoms with E-state index in [1.165, 1.54) is 12.0 Å². The van der Waals surface area contributed by atoms with Crippen LogP contribution >= 0.6 is 0 Å². The van der Waals surface area contributed by atoms with E-state index in [9.17, 15) is 0 Å². The van der Waals surface area contributed by atoms with Gasteiger partial charge in [0.25, 0.3) is 0 Å². The van der Waals surface area contributed by atoms with Crippen LogP contribution in [0.2, 0.25) is 0 Å². The Bertz CT molecular complexity index is 756. The largest absolute Gasteiger partial charge is 0.469 e. The molecule has 4 rings (SSSR count). The summed E-state index contributed by atoms with van der Waals surface area (Å²) < 4.78 is 11.0. The minimum atomic E-state index is 0.209. The van der Waals surface area contributed by atoms with Gasteiger partial charge in [-0.2, -0.15) is 0 Å². The van der Waals surface area contributed by atoms with Gasteiger partial charge in [-0.3, -0.25) is 9.89 Å². The van der Waals surface area contributed by atoms with Gasteiger partial charge in [-0.15, -0.1) is 0 Å². The van der Waals surface area contributed by atoms with E-state index in [1.54, 1.807) is 6.26 Å². The summed E-state index contributed by atoms with van der Waals surface area (Å²) in [5.41, 5.74) is 1.27. The summed E-state index contributed by atoms with van der Waals surface area (Å²) in [7, 11) is 0. The van der Waals surface area contributed by atoms with Crippen LogP contribution in [0.3, 0.4) is 0 Å². The predicted octanol–water partition coefficient (Wildman–Crippen LogP) is 2.94. The number of nitrogens with zero attached hydrogens (tertiary/aromatic N) is 3. The molecule has 0 spiro atoms. The quantitative estimate of drug-likeness (QED) is 0.601. The van der Waals surface area contributed by atoms with Gasteiger partial charge in [-0.1, -0.05) is 30.3 Å². The average molecular weight is 397 g/mol. The molecule has 0 aliphatic carbocycles. The van der Waals surface area contributed by atoms with Crippen LogP contribution in [0.4, 0.5) is 0 Å². The zero-order chi connectivity index (χ0) is 19.9. The van der Waals surface area contributed by atoms with Crippen molar-refractivity contribution in [2.75, 3.05) is 45.9 Å². The molecule has 1 aromatic heterocycles. The van der Waals surface area contributed by atoms with Gasteiger partial charge in [0.15, 0.2) is 5.96 Å². The third-order valence-electron chi connectivity index (χ3n) is 5.87. The van der Waals surface area contributed by atoms with E-state index in [-0.39, 0.29) is 6.04 Å². The number of nitrogens with one attached hydrogen (secondary N) is 1. The van der Waals surface area contributed by atoms with E-state index >= 15 is 0 Å². The molecule has 0 bridgehead atoms. The smallest absolute Gasteiger partial charge is 0.194 e. The van der Waals surface area contributed by atoms with Crippen LogP contribution in [0.1, 0.15) is 30.7 Å². The van der Waals surface area contributed by atoms with E-state index < -0.39 is 0 Å². The number of guanidine groups is 1. The van der Waals surface area contributed by atoms with Crippen molar-refractivity contribution in [3.05, 3.63) is 60.1 Å². The van der Waals surface area contributed by atoms with Crippen LogP contribution < -0.4 is 5.32 Å². The minimum absolute atomic E-state index is 0.209. The van der Waals surface area contributed by atoms with Crippen LogP contribution in [-0.2, 0) is 11.2 Å². The topological polar surface area (TPSA) is 53.2 Å². The first-order valence-electron chi connectivity index (χ1n) is 10.7. The number of furan rings is 1. The molecule has 2 fully saturated rings. The van der Waals surface area contributed by atoms with Crippen LogP contribution in [0, 0.1) is 0 Å². The van der Waals surface area contributed by atoms with Crippen LogP contribution in [-0.4, -0.2) is 67.7 Å². The fourth-order valence-corrected chi connectivity index (χ4v) is 4.16. The van der Waals surface area contributed by atoms with Crippen molar-refractivity contribution >= 4 is 5.96 Å². The van der Waals surface area contributed by atoms with E-state index in [0.29, 0.717) is 6.04 Å². The average Bonchev–Trinajstić information content (AvgIpc) is 3.47. The molecule has 0 saturated carbocycles. The molecule has 3 heterocycles. The van der Waals surface area contributed by atoms with E-state index in [4.69, 9.17) is 14.1 Å². The number of likely N-dealkylation sites (tertiary alicyclic amines) is 1. The Labute approximate surface area is 173 Å². The number of aliphatic imine (C=N–C) groups is 1. The normalized spacial score (nSPS) is 22.0. The van der Waals surface area contributed by atoms with E-state index in [1.807, 2.05) is 12.1 Å². The molecule has 2 aromatic rings. The molecule has 2 aliphatic heterocycles. The fourth-order valence-electron chi connectivity index (χ4n) is 4.16. The summed E-state index contributed by atoms with van der Waals surface area (Å²) in [6.45, 7) is 8.76. The Balaban J connectivity index is 1.42. The van der Waals surface area contributed by atoms with Gasteiger partial charge in [0.1, 0.15) is 5.76 Å². The molecule has 2 unspecified atom stereocenters. The van der Waals surface area contributed by atoms with Crippen molar-refractivity contribution in [3.8, 4) is 0 Å². The van der Waals surface area contributed by atoms with Gasteiger partial charge in [-0.25, -0.2) is 0 Å². The first-order chi connectivity index (χ1) is 14.3. The van der Waals surface area contributed by atoms with E-state index in [2.05, 4.69) is 52.4 Å². The molecule has 1 aromatic carbocycles. The van der Waals surface area contributed by atoms with Gasteiger partial charge >= 0.3 is 0 Å². The molecule has 6 heteroatoms. The zero-order valence-electron chi connectivity index (χ0n) is 17.3. The summed E-state index contributed by atoms with van der Waals surface area (Å²) in [4.78, 5) is 9.95. The Hall–Kier alpha value is -2.31. The second-order valence-electron chi connectivity index (χ2n) is 7.85. The lowest BCUT2D eigenvalue weighted by atomic mass is 10.1. The van der Waals surface area contributed by atoms with Gasteiger partial charge in [0, 0.05) is 45.2 Å². The Morgan fingerprint density at radius 2 is 1.97 bits per heavy atom. The number of morpholine rings is 1. The summed E-state index contributed by atoms with van der Waals surface area (Å²) >= 11 is 0. The number of ether oxygens (including phenoxy) is 1. The van der Waals surface area contributed by atoms with Crippen molar-refractivity contribution in [2.24, 2.45) is 4.99 Å². The summed E-state index contributed by atoms with van der Waals surface area (Å²) in [6.07, 6.45) is 3.72. The number of benzene rings is 1. The lowest BCUT2D eigenvalue weighted by Gasteiger charge is -2.32. The van der Waals surface area contributed by atoms with Gasteiger partial charge in [-0.05, 0) is 31.0 Å². The van der Waals surface area contributed by atoms with Gasteiger partial charge < -0.3 is 19.4 Å². The Kier molecular flexibility index (Phi) is 6.85. The predicted molar refractivity (Wildman–Crippen MR) is 115 cm³/mol. The standard InChI is InChI=1S/C23H32N4O2/c1-19(20-6-3-2-4-7-20)25-23(24-11-9-22-8-5-15-29-22)27-12-10-21(18-27)26-13-16-28-17-14-26/h2-8,15,19,21H,9-14,16-18H2,1H3,(H,24,25). The maximum absolute atomic E-state index is 5.52. The maximum Gasteiger partial charge on any atom is 0.194 e. The molecule has 6 nitrogen and oxygen atoms in total. The SMILES string of the molecule is CC(NC(=NCCc1ccco1)N1CCC(N2CCOCC2)C1)c1ccccc1. The lowest BCUT2D eigenvalue weighted by Crippen LogP contribution is -2.47. The first-order valence-corrected chi connectivity index (χ1v) is 10.7. The molecular formula is C23H32N4O2.